The van der Waals surface area contributed by atoms with Gasteiger partial charge in [-0.2, -0.15) is 0 Å². The van der Waals surface area contributed by atoms with E-state index in [0.717, 1.165) is 25.8 Å². The Labute approximate surface area is 141 Å². The summed E-state index contributed by atoms with van der Waals surface area (Å²) in [6.45, 7) is 1.60. The number of hydrogen-bond acceptors (Lipinski definition) is 7. The predicted octanol–water partition coefficient (Wildman–Crippen LogP) is 0.213. The fourth-order valence-corrected chi connectivity index (χ4v) is 3.39. The molecule has 0 aliphatic carbocycles. The molecule has 1 aromatic heterocycles. The van der Waals surface area contributed by atoms with Crippen LogP contribution in [0.2, 0.25) is 0 Å². The van der Waals surface area contributed by atoms with Gasteiger partial charge in [0.15, 0.2) is 5.82 Å². The molecule has 2 unspecified atom stereocenters. The fourth-order valence-electron chi connectivity index (χ4n) is 3.39. The maximum absolute atomic E-state index is 12.4. The summed E-state index contributed by atoms with van der Waals surface area (Å²) in [5.74, 6) is 1.43. The van der Waals surface area contributed by atoms with Crippen LogP contribution < -0.4 is 21.7 Å². The Hall–Kier alpha value is -2.35. The molecular weight excluding hydrogens is 306 g/mol. The number of nitrogens with two attached hydrogens (primary N) is 1. The van der Waals surface area contributed by atoms with E-state index in [-0.39, 0.29) is 11.5 Å². The quantitative estimate of drug-likeness (QED) is 0.545. The number of aromatic nitrogens is 2. The van der Waals surface area contributed by atoms with Crippen molar-refractivity contribution in [2.45, 2.75) is 31.3 Å². The van der Waals surface area contributed by atoms with Gasteiger partial charge >= 0.3 is 0 Å². The van der Waals surface area contributed by atoms with Gasteiger partial charge in [0.2, 0.25) is 0 Å². The van der Waals surface area contributed by atoms with Gasteiger partial charge in [0.1, 0.15) is 11.6 Å². The first-order valence-corrected chi connectivity index (χ1v) is 8.34. The molecule has 4 bridgehead atoms. The molecule has 24 heavy (non-hydrogen) atoms. The third-order valence-electron chi connectivity index (χ3n) is 4.67. The molecule has 1 fully saturated rings. The molecule has 1 saturated heterocycles. The highest BCUT2D eigenvalue weighted by Crippen LogP contribution is 2.24. The lowest BCUT2D eigenvalue weighted by Gasteiger charge is -2.19. The molecule has 1 aromatic rings. The van der Waals surface area contributed by atoms with Gasteiger partial charge in [-0.25, -0.2) is 9.97 Å². The number of likely N-dealkylation sites (tertiary alicyclic amines) is 1. The molecule has 0 aromatic carbocycles. The number of fused-ring (bicyclic) bond motifs is 4. The van der Waals surface area contributed by atoms with Crippen LogP contribution in [-0.4, -0.2) is 60.0 Å². The van der Waals surface area contributed by atoms with Gasteiger partial charge in [-0.3, -0.25) is 4.79 Å². The van der Waals surface area contributed by atoms with Crippen molar-refractivity contribution in [3.63, 3.8) is 0 Å². The lowest BCUT2D eigenvalue weighted by Crippen LogP contribution is -2.30. The first-order chi connectivity index (χ1) is 11.6. The zero-order valence-electron chi connectivity index (χ0n) is 14.2. The number of nitrogens with zero attached hydrogens (tertiary/aromatic N) is 3. The summed E-state index contributed by atoms with van der Waals surface area (Å²) in [6, 6.07) is 2.71. The SMILES string of the molecule is CNc1cc2nc(n1)/C(=C\N)C(=O)NCCCC1CC(CN1C)N2. The van der Waals surface area contributed by atoms with E-state index in [4.69, 9.17) is 5.73 Å². The van der Waals surface area contributed by atoms with Crippen LogP contribution in [0, 0.1) is 0 Å². The predicted molar refractivity (Wildman–Crippen MR) is 94.4 cm³/mol. The van der Waals surface area contributed by atoms with E-state index < -0.39 is 0 Å². The van der Waals surface area contributed by atoms with E-state index in [2.05, 4.69) is 37.9 Å². The van der Waals surface area contributed by atoms with Gasteiger partial charge in [-0.15, -0.1) is 0 Å². The maximum atomic E-state index is 12.4. The third-order valence-corrected chi connectivity index (χ3v) is 4.67. The number of hydrogen-bond donors (Lipinski definition) is 4. The highest BCUT2D eigenvalue weighted by molar-refractivity contribution is 6.18. The summed E-state index contributed by atoms with van der Waals surface area (Å²) >= 11 is 0. The highest BCUT2D eigenvalue weighted by atomic mass is 16.1. The number of likely N-dealkylation sites (N-methyl/N-ethyl adjacent to an activating group) is 1. The number of anilines is 2. The summed E-state index contributed by atoms with van der Waals surface area (Å²) in [5.41, 5.74) is 5.95. The molecule has 5 N–H and O–H groups in total. The minimum absolute atomic E-state index is 0.241. The van der Waals surface area contributed by atoms with Crippen LogP contribution in [0.25, 0.3) is 5.57 Å². The van der Waals surface area contributed by atoms with E-state index in [1.165, 1.54) is 6.20 Å². The fraction of sp³-hybridized carbons (Fsp3) is 0.562. The first kappa shape index (κ1) is 16.5. The molecule has 8 nitrogen and oxygen atoms in total. The molecular formula is C16H25N7O. The number of rotatable bonds is 1. The maximum Gasteiger partial charge on any atom is 0.256 e. The highest BCUT2D eigenvalue weighted by Gasteiger charge is 2.30. The van der Waals surface area contributed by atoms with E-state index in [1.807, 2.05) is 6.07 Å². The van der Waals surface area contributed by atoms with Crippen LogP contribution in [0.15, 0.2) is 12.3 Å². The van der Waals surface area contributed by atoms with Gasteiger partial charge < -0.3 is 26.6 Å². The van der Waals surface area contributed by atoms with Crippen LogP contribution in [0.3, 0.4) is 0 Å². The van der Waals surface area contributed by atoms with Crippen LogP contribution in [-0.2, 0) is 4.79 Å². The van der Waals surface area contributed by atoms with Crippen LogP contribution in [0.5, 0.6) is 0 Å². The molecule has 3 rings (SSSR count). The lowest BCUT2D eigenvalue weighted by atomic mass is 10.1. The molecule has 2 atom stereocenters. The minimum Gasteiger partial charge on any atom is -0.404 e. The zero-order chi connectivity index (χ0) is 17.1. The Morgan fingerprint density at radius 2 is 2.29 bits per heavy atom. The zero-order valence-corrected chi connectivity index (χ0v) is 14.2. The van der Waals surface area contributed by atoms with Crippen molar-refractivity contribution < 1.29 is 4.79 Å². The number of amides is 1. The second-order valence-corrected chi connectivity index (χ2v) is 6.36. The standard InChI is InChI=1S/C16H25N7O/c1-18-13-7-14-20-10-6-11(23(2)9-10)4-3-5-19-16(24)12(8-17)15(21-13)22-14/h7-8,10-11H,3-6,9,17H2,1-2H3,(H,19,24)(H2,18,20,21,22)/b12-8+. The Balaban J connectivity index is 1.97. The summed E-state index contributed by atoms with van der Waals surface area (Å²) in [4.78, 5) is 23.6. The van der Waals surface area contributed by atoms with Crippen molar-refractivity contribution in [2.75, 3.05) is 37.8 Å². The number of carbonyl (C=O) groups excluding carboxylic acids is 1. The van der Waals surface area contributed by atoms with E-state index in [9.17, 15) is 4.79 Å². The molecule has 2 aliphatic rings. The topological polar surface area (TPSA) is 108 Å². The van der Waals surface area contributed by atoms with Crippen molar-refractivity contribution in [1.82, 2.24) is 20.2 Å². The lowest BCUT2D eigenvalue weighted by molar-refractivity contribution is -0.115. The van der Waals surface area contributed by atoms with E-state index in [0.29, 0.717) is 36.1 Å². The second kappa shape index (κ2) is 7.04. The van der Waals surface area contributed by atoms with Crippen LogP contribution >= 0.6 is 0 Å². The van der Waals surface area contributed by atoms with E-state index in [1.54, 1.807) is 7.05 Å². The van der Waals surface area contributed by atoms with Gasteiger partial charge in [0, 0.05) is 44.5 Å². The normalized spacial score (nSPS) is 26.8. The molecule has 8 heteroatoms. The minimum atomic E-state index is -0.241. The van der Waals surface area contributed by atoms with Crippen molar-refractivity contribution in [3.8, 4) is 0 Å². The Morgan fingerprint density at radius 3 is 3.04 bits per heavy atom. The summed E-state index contributed by atoms with van der Waals surface area (Å²) in [7, 11) is 3.94. The van der Waals surface area contributed by atoms with E-state index >= 15 is 0 Å². The van der Waals surface area contributed by atoms with Crippen molar-refractivity contribution in [2.24, 2.45) is 5.73 Å². The molecule has 3 heterocycles. The smallest absolute Gasteiger partial charge is 0.256 e. The average molecular weight is 331 g/mol. The Bertz CT molecular complexity index is 645. The molecule has 2 aliphatic heterocycles. The number of carbonyl (C=O) groups is 1. The van der Waals surface area contributed by atoms with Gasteiger partial charge in [0.25, 0.3) is 5.91 Å². The molecule has 0 radical (unpaired) electrons. The van der Waals surface area contributed by atoms with Crippen molar-refractivity contribution >= 4 is 23.1 Å². The summed E-state index contributed by atoms with van der Waals surface area (Å²) in [6.07, 6.45) is 4.33. The third kappa shape index (κ3) is 3.43. The monoisotopic (exact) mass is 331 g/mol. The summed E-state index contributed by atoms with van der Waals surface area (Å²) in [5, 5.41) is 9.41. The first-order valence-electron chi connectivity index (χ1n) is 8.34. The largest absolute Gasteiger partial charge is 0.404 e. The summed E-state index contributed by atoms with van der Waals surface area (Å²) < 4.78 is 0. The Kier molecular flexibility index (Phi) is 4.84. The van der Waals surface area contributed by atoms with Gasteiger partial charge in [-0.05, 0) is 26.3 Å². The van der Waals surface area contributed by atoms with Crippen molar-refractivity contribution in [1.29, 1.82) is 0 Å². The van der Waals surface area contributed by atoms with Crippen LogP contribution in [0.1, 0.15) is 25.1 Å². The van der Waals surface area contributed by atoms with Gasteiger partial charge in [-0.1, -0.05) is 0 Å². The average Bonchev–Trinajstić information content (AvgIpc) is 2.91. The number of nitrogens with one attached hydrogen (secondary N) is 3. The van der Waals surface area contributed by atoms with Gasteiger partial charge in [0.05, 0.1) is 5.57 Å². The second-order valence-electron chi connectivity index (χ2n) is 6.36. The van der Waals surface area contributed by atoms with Crippen molar-refractivity contribution in [3.05, 3.63) is 18.1 Å². The van der Waals surface area contributed by atoms with Crippen LogP contribution in [0.4, 0.5) is 11.6 Å². The molecule has 130 valence electrons. The molecule has 0 saturated carbocycles. The molecule has 1 amide bonds. The molecule has 0 spiro atoms. The Morgan fingerprint density at radius 1 is 1.46 bits per heavy atom.